The van der Waals surface area contributed by atoms with Gasteiger partial charge in [-0.05, 0) is 42.8 Å². The summed E-state index contributed by atoms with van der Waals surface area (Å²) in [5.41, 5.74) is 0.853. The normalized spacial score (nSPS) is 27.5. The minimum atomic E-state index is -1.01. The number of nitrogens with one attached hydrogen (secondary N) is 1. The summed E-state index contributed by atoms with van der Waals surface area (Å²) in [5, 5.41) is 15.8. The molecule has 0 amide bonds. The van der Waals surface area contributed by atoms with E-state index in [0.717, 1.165) is 34.1 Å². The third-order valence-electron chi connectivity index (χ3n) is 6.95. The Bertz CT molecular complexity index is 876. The molecule has 1 aliphatic heterocycles. The van der Waals surface area contributed by atoms with E-state index in [1.807, 2.05) is 36.4 Å². The van der Waals surface area contributed by atoms with Crippen molar-refractivity contribution < 1.29 is 24.1 Å². The van der Waals surface area contributed by atoms with Crippen LogP contribution in [0.25, 0.3) is 0 Å². The third kappa shape index (κ3) is 4.17. The predicted octanol–water partition coefficient (Wildman–Crippen LogP) is 4.69. The SMILES string of the molecule is C=CCC1(O)[C@H](C)[C@@H](c2cc(OC)ccc2OC)N[C@@H](c2cc(OC)ccc2OC)[C@@H]1C. The second kappa shape index (κ2) is 9.84. The molecule has 1 fully saturated rings. The number of ether oxygens (including phenoxy) is 4. The molecule has 2 aromatic rings. The minimum absolute atomic E-state index is 0.135. The van der Waals surface area contributed by atoms with Crippen LogP contribution in [0.1, 0.15) is 43.5 Å². The molecule has 1 saturated heterocycles. The Morgan fingerprint density at radius 1 is 0.844 bits per heavy atom. The lowest BCUT2D eigenvalue weighted by molar-refractivity contribution is -0.108. The van der Waals surface area contributed by atoms with Gasteiger partial charge in [0.05, 0.1) is 34.0 Å². The van der Waals surface area contributed by atoms with Gasteiger partial charge in [-0.25, -0.2) is 0 Å². The first kappa shape index (κ1) is 24.0. The Morgan fingerprint density at radius 2 is 1.28 bits per heavy atom. The second-order valence-corrected chi connectivity index (χ2v) is 8.40. The molecule has 174 valence electrons. The van der Waals surface area contributed by atoms with Crippen LogP contribution in [0.2, 0.25) is 0 Å². The Balaban J connectivity index is 2.18. The second-order valence-electron chi connectivity index (χ2n) is 8.40. The van der Waals surface area contributed by atoms with Gasteiger partial charge in [-0.15, -0.1) is 6.58 Å². The van der Waals surface area contributed by atoms with E-state index in [1.165, 1.54) is 0 Å². The van der Waals surface area contributed by atoms with Crippen molar-refractivity contribution in [2.75, 3.05) is 28.4 Å². The van der Waals surface area contributed by atoms with E-state index in [2.05, 4.69) is 25.7 Å². The van der Waals surface area contributed by atoms with Crippen molar-refractivity contribution >= 4 is 0 Å². The molecule has 0 bridgehead atoms. The van der Waals surface area contributed by atoms with Crippen LogP contribution in [0.15, 0.2) is 49.1 Å². The number of benzene rings is 2. The van der Waals surface area contributed by atoms with Crippen molar-refractivity contribution in [2.45, 2.75) is 38.0 Å². The van der Waals surface area contributed by atoms with Crippen LogP contribution in [0.4, 0.5) is 0 Å². The molecule has 2 aromatic carbocycles. The van der Waals surface area contributed by atoms with Crippen LogP contribution in [-0.4, -0.2) is 39.1 Å². The minimum Gasteiger partial charge on any atom is -0.497 e. The number of aliphatic hydroxyl groups is 1. The average Bonchev–Trinajstić information content (AvgIpc) is 2.82. The molecule has 0 radical (unpaired) electrons. The predicted molar refractivity (Wildman–Crippen MR) is 126 cm³/mol. The van der Waals surface area contributed by atoms with Gasteiger partial charge >= 0.3 is 0 Å². The Kier molecular flexibility index (Phi) is 7.36. The quantitative estimate of drug-likeness (QED) is 0.580. The van der Waals surface area contributed by atoms with E-state index >= 15 is 0 Å². The van der Waals surface area contributed by atoms with Gasteiger partial charge < -0.3 is 29.4 Å². The molecule has 0 aliphatic carbocycles. The van der Waals surface area contributed by atoms with Crippen LogP contribution in [0.3, 0.4) is 0 Å². The molecular formula is C26H35NO5. The van der Waals surface area contributed by atoms with Crippen LogP contribution in [0.5, 0.6) is 23.0 Å². The molecule has 0 spiro atoms. The lowest BCUT2D eigenvalue weighted by Crippen LogP contribution is -2.57. The molecule has 0 saturated carbocycles. The highest BCUT2D eigenvalue weighted by atomic mass is 16.5. The summed E-state index contributed by atoms with van der Waals surface area (Å²) >= 11 is 0. The summed E-state index contributed by atoms with van der Waals surface area (Å²) in [4.78, 5) is 0. The Hall–Kier alpha value is -2.70. The van der Waals surface area contributed by atoms with E-state index in [9.17, 15) is 5.11 Å². The van der Waals surface area contributed by atoms with Crippen LogP contribution >= 0.6 is 0 Å². The standard InChI is InChI=1S/C26H35NO5/c1-8-13-26(28)16(2)24(20-14-18(29-4)9-11-22(20)31-6)27-25(17(26)3)21-15-19(30-5)10-12-23(21)32-7/h8-12,14-17,24-25,27-28H,1,13H2,2-7H3/t16-,17+,24+,25-,26?. The van der Waals surface area contributed by atoms with Gasteiger partial charge in [0.2, 0.25) is 0 Å². The number of hydrogen-bond acceptors (Lipinski definition) is 6. The van der Waals surface area contributed by atoms with Gasteiger partial charge in [-0.3, -0.25) is 0 Å². The van der Waals surface area contributed by atoms with E-state index in [-0.39, 0.29) is 23.9 Å². The largest absolute Gasteiger partial charge is 0.497 e. The van der Waals surface area contributed by atoms with Gasteiger partial charge in [0, 0.05) is 35.0 Å². The summed E-state index contributed by atoms with van der Waals surface area (Å²) in [6, 6.07) is 11.1. The molecule has 1 aliphatic rings. The molecule has 32 heavy (non-hydrogen) atoms. The van der Waals surface area contributed by atoms with Crippen LogP contribution in [-0.2, 0) is 0 Å². The van der Waals surface area contributed by atoms with Crippen molar-refractivity contribution in [3.8, 4) is 23.0 Å². The number of rotatable bonds is 8. The summed E-state index contributed by atoms with van der Waals surface area (Å²) in [7, 11) is 6.59. The lowest BCUT2D eigenvalue weighted by atomic mass is 9.64. The van der Waals surface area contributed by atoms with E-state index < -0.39 is 5.60 Å². The third-order valence-corrected chi connectivity index (χ3v) is 6.95. The lowest BCUT2D eigenvalue weighted by Gasteiger charge is -2.52. The maximum atomic E-state index is 12.0. The fraction of sp³-hybridized carbons (Fsp3) is 0.462. The van der Waals surface area contributed by atoms with Gasteiger partial charge in [0.1, 0.15) is 23.0 Å². The molecule has 3 rings (SSSR count). The zero-order valence-corrected chi connectivity index (χ0v) is 19.8. The molecule has 6 heteroatoms. The first-order valence-electron chi connectivity index (χ1n) is 10.9. The summed E-state index contributed by atoms with van der Waals surface area (Å²) < 4.78 is 22.3. The molecular weight excluding hydrogens is 406 g/mol. The van der Waals surface area contributed by atoms with Gasteiger partial charge in [0.15, 0.2) is 0 Å². The maximum absolute atomic E-state index is 12.0. The zero-order chi connectivity index (χ0) is 23.5. The maximum Gasteiger partial charge on any atom is 0.123 e. The molecule has 1 heterocycles. The summed E-state index contributed by atoms with van der Waals surface area (Å²) in [6.45, 7) is 8.05. The Morgan fingerprint density at radius 3 is 1.62 bits per heavy atom. The van der Waals surface area contributed by atoms with Crippen molar-refractivity contribution in [3.63, 3.8) is 0 Å². The van der Waals surface area contributed by atoms with Gasteiger partial charge in [0.25, 0.3) is 0 Å². The van der Waals surface area contributed by atoms with E-state index in [0.29, 0.717) is 6.42 Å². The fourth-order valence-electron chi connectivity index (χ4n) is 4.96. The molecule has 0 aromatic heterocycles. The van der Waals surface area contributed by atoms with Crippen molar-refractivity contribution in [2.24, 2.45) is 11.8 Å². The van der Waals surface area contributed by atoms with Crippen molar-refractivity contribution in [3.05, 3.63) is 60.2 Å². The van der Waals surface area contributed by atoms with Crippen LogP contribution < -0.4 is 24.3 Å². The van der Waals surface area contributed by atoms with E-state index in [1.54, 1.807) is 34.5 Å². The smallest absolute Gasteiger partial charge is 0.123 e. The highest BCUT2D eigenvalue weighted by molar-refractivity contribution is 5.46. The average molecular weight is 442 g/mol. The number of piperidine rings is 1. The Labute approximate surface area is 191 Å². The van der Waals surface area contributed by atoms with Crippen LogP contribution in [0, 0.1) is 11.8 Å². The molecule has 5 atom stereocenters. The first-order chi connectivity index (χ1) is 15.3. The highest BCUT2D eigenvalue weighted by Gasteiger charge is 2.51. The van der Waals surface area contributed by atoms with Crippen molar-refractivity contribution in [1.82, 2.24) is 5.32 Å². The number of methoxy groups -OCH3 is 4. The van der Waals surface area contributed by atoms with Gasteiger partial charge in [-0.1, -0.05) is 19.9 Å². The summed E-state index contributed by atoms with van der Waals surface area (Å²) in [6.07, 6.45) is 2.25. The topological polar surface area (TPSA) is 69.2 Å². The monoisotopic (exact) mass is 441 g/mol. The molecule has 6 nitrogen and oxygen atoms in total. The number of hydrogen-bond donors (Lipinski definition) is 2. The summed E-state index contributed by atoms with van der Waals surface area (Å²) in [5.74, 6) is 2.67. The first-order valence-corrected chi connectivity index (χ1v) is 10.9. The highest BCUT2D eigenvalue weighted by Crippen LogP contribution is 2.51. The van der Waals surface area contributed by atoms with Crippen molar-refractivity contribution in [1.29, 1.82) is 0 Å². The molecule has 2 N–H and O–H groups in total. The molecule has 1 unspecified atom stereocenters. The van der Waals surface area contributed by atoms with E-state index in [4.69, 9.17) is 18.9 Å². The fourth-order valence-corrected chi connectivity index (χ4v) is 4.96. The zero-order valence-electron chi connectivity index (χ0n) is 19.8. The van der Waals surface area contributed by atoms with Gasteiger partial charge in [-0.2, -0.15) is 0 Å².